The van der Waals surface area contributed by atoms with Crippen LogP contribution in [0.2, 0.25) is 0 Å². The number of rotatable bonds is 10. The number of nitrogens with zero attached hydrogens (tertiary/aromatic N) is 1. The molecule has 0 amide bonds. The van der Waals surface area contributed by atoms with E-state index in [-0.39, 0.29) is 0 Å². The third kappa shape index (κ3) is 4.99. The highest BCUT2D eigenvalue weighted by Crippen LogP contribution is 2.31. The molecule has 154 valence electrons. The van der Waals surface area contributed by atoms with Crippen LogP contribution in [0.5, 0.6) is 11.5 Å². The second-order valence-electron chi connectivity index (χ2n) is 7.20. The minimum absolute atomic E-state index is 0.514. The molecule has 0 atom stereocenters. The summed E-state index contributed by atoms with van der Waals surface area (Å²) in [5.74, 6) is 2.59. The maximum absolute atomic E-state index is 6.13. The predicted molar refractivity (Wildman–Crippen MR) is 120 cm³/mol. The molecule has 2 N–H and O–H groups in total. The summed E-state index contributed by atoms with van der Waals surface area (Å²) in [5, 5.41) is 3.52. The van der Waals surface area contributed by atoms with Gasteiger partial charge in [0.1, 0.15) is 12.4 Å². The highest BCUT2D eigenvalue weighted by molar-refractivity contribution is 5.74. The average Bonchev–Trinajstić information content (AvgIpc) is 3.21. The molecule has 5 heteroatoms. The van der Waals surface area contributed by atoms with Crippen LogP contribution in [0.3, 0.4) is 0 Å². The number of hydrogen-bond donors (Lipinski definition) is 2. The number of aromatic nitrogens is 2. The van der Waals surface area contributed by atoms with Crippen LogP contribution in [0.4, 0.5) is 0 Å². The molecule has 0 radical (unpaired) electrons. The molecule has 0 aliphatic heterocycles. The summed E-state index contributed by atoms with van der Waals surface area (Å²) in [6.45, 7) is 2.13. The van der Waals surface area contributed by atoms with E-state index in [0.29, 0.717) is 6.61 Å². The molecule has 0 bridgehead atoms. The predicted octanol–water partition coefficient (Wildman–Crippen LogP) is 4.87. The third-order valence-electron chi connectivity index (χ3n) is 5.03. The summed E-state index contributed by atoms with van der Waals surface area (Å²) in [6, 6.07) is 24.3. The van der Waals surface area contributed by atoms with Crippen molar-refractivity contribution in [1.29, 1.82) is 0 Å². The quantitative estimate of drug-likeness (QED) is 0.372. The van der Waals surface area contributed by atoms with Crippen molar-refractivity contribution in [3.05, 3.63) is 89.7 Å². The largest absolute Gasteiger partial charge is 0.493 e. The number of hydrogen-bond acceptors (Lipinski definition) is 4. The van der Waals surface area contributed by atoms with Gasteiger partial charge in [0.2, 0.25) is 0 Å². The first-order valence-corrected chi connectivity index (χ1v) is 10.3. The van der Waals surface area contributed by atoms with Gasteiger partial charge < -0.3 is 19.8 Å². The zero-order valence-corrected chi connectivity index (χ0v) is 17.2. The Balaban J connectivity index is 1.31. The maximum atomic E-state index is 6.13. The number of benzene rings is 3. The van der Waals surface area contributed by atoms with Gasteiger partial charge in [-0.25, -0.2) is 4.98 Å². The lowest BCUT2D eigenvalue weighted by Crippen LogP contribution is -2.16. The zero-order chi connectivity index (χ0) is 20.6. The van der Waals surface area contributed by atoms with Crippen molar-refractivity contribution in [2.24, 2.45) is 0 Å². The van der Waals surface area contributed by atoms with Crippen molar-refractivity contribution in [2.45, 2.75) is 26.0 Å². The van der Waals surface area contributed by atoms with Crippen LogP contribution in [0, 0.1) is 0 Å². The van der Waals surface area contributed by atoms with E-state index in [4.69, 9.17) is 9.47 Å². The summed E-state index contributed by atoms with van der Waals surface area (Å²) in [5.41, 5.74) is 4.34. The first kappa shape index (κ1) is 20.0. The van der Waals surface area contributed by atoms with Gasteiger partial charge in [-0.2, -0.15) is 0 Å². The molecule has 0 aliphatic carbocycles. The van der Waals surface area contributed by atoms with Crippen molar-refractivity contribution >= 4 is 11.0 Å². The summed E-state index contributed by atoms with van der Waals surface area (Å²) in [7, 11) is 1.68. The van der Waals surface area contributed by atoms with Crippen molar-refractivity contribution < 1.29 is 9.47 Å². The molecule has 1 aromatic heterocycles. The van der Waals surface area contributed by atoms with Crippen LogP contribution in [-0.4, -0.2) is 23.6 Å². The van der Waals surface area contributed by atoms with E-state index in [2.05, 4.69) is 39.6 Å². The smallest absolute Gasteiger partial charge is 0.166 e. The highest BCUT2D eigenvalue weighted by Gasteiger charge is 2.11. The topological polar surface area (TPSA) is 59.2 Å². The maximum Gasteiger partial charge on any atom is 0.166 e. The molecule has 0 unspecified atom stereocenters. The molecule has 5 nitrogen and oxygen atoms in total. The lowest BCUT2D eigenvalue weighted by Gasteiger charge is -2.15. The molecule has 0 saturated heterocycles. The Morgan fingerprint density at radius 2 is 1.77 bits per heavy atom. The number of nitrogens with one attached hydrogen (secondary N) is 2. The molecular formula is C25H27N3O2. The van der Waals surface area contributed by atoms with E-state index in [1.54, 1.807) is 7.11 Å². The van der Waals surface area contributed by atoms with E-state index in [1.165, 1.54) is 0 Å². The van der Waals surface area contributed by atoms with Crippen LogP contribution in [-0.2, 0) is 19.6 Å². The summed E-state index contributed by atoms with van der Waals surface area (Å²) < 4.78 is 11.6. The van der Waals surface area contributed by atoms with Gasteiger partial charge in [-0.1, -0.05) is 54.6 Å². The van der Waals surface area contributed by atoms with Gasteiger partial charge in [0.05, 0.1) is 18.1 Å². The average molecular weight is 402 g/mol. The number of ether oxygens (including phenoxy) is 2. The normalized spacial score (nSPS) is 11.0. The van der Waals surface area contributed by atoms with Gasteiger partial charge in [0.15, 0.2) is 11.5 Å². The van der Waals surface area contributed by atoms with E-state index in [1.807, 2.05) is 48.5 Å². The van der Waals surface area contributed by atoms with Gasteiger partial charge in [-0.05, 0) is 36.7 Å². The van der Waals surface area contributed by atoms with Crippen molar-refractivity contribution in [2.75, 3.05) is 13.7 Å². The fourth-order valence-corrected chi connectivity index (χ4v) is 3.48. The van der Waals surface area contributed by atoms with Crippen LogP contribution in [0.15, 0.2) is 72.8 Å². The van der Waals surface area contributed by atoms with Crippen LogP contribution in [0.25, 0.3) is 11.0 Å². The third-order valence-corrected chi connectivity index (χ3v) is 5.03. The number of imidazole rings is 1. The number of para-hydroxylation sites is 3. The van der Waals surface area contributed by atoms with Gasteiger partial charge >= 0.3 is 0 Å². The molecule has 0 saturated carbocycles. The first-order valence-electron chi connectivity index (χ1n) is 10.3. The molecule has 30 heavy (non-hydrogen) atoms. The van der Waals surface area contributed by atoms with Gasteiger partial charge in [-0.15, -0.1) is 0 Å². The lowest BCUT2D eigenvalue weighted by atomic mass is 10.1. The molecule has 0 spiro atoms. The Kier molecular flexibility index (Phi) is 6.62. The molecular weight excluding hydrogens is 374 g/mol. The van der Waals surface area contributed by atoms with Crippen molar-refractivity contribution in [3.8, 4) is 11.5 Å². The molecule has 1 heterocycles. The Labute approximate surface area is 177 Å². The monoisotopic (exact) mass is 401 g/mol. The summed E-state index contributed by atoms with van der Waals surface area (Å²) >= 11 is 0. The second-order valence-corrected chi connectivity index (χ2v) is 7.20. The molecule has 4 rings (SSSR count). The Morgan fingerprint density at radius 1 is 0.933 bits per heavy atom. The number of methoxy groups -OCH3 is 1. The fourth-order valence-electron chi connectivity index (χ4n) is 3.48. The summed E-state index contributed by atoms with van der Waals surface area (Å²) in [4.78, 5) is 8.02. The highest BCUT2D eigenvalue weighted by atomic mass is 16.5. The number of aromatic amines is 1. The standard InChI is InChI=1S/C25H27N3O2/c1-29-23-14-7-11-20(25(23)30-18-19-9-3-2-4-10-19)17-26-16-8-15-24-27-21-12-5-6-13-22(21)28-24/h2-7,9-14,26H,8,15-18H2,1H3,(H,27,28). The van der Waals surface area contributed by atoms with Gasteiger partial charge in [0.25, 0.3) is 0 Å². The SMILES string of the molecule is COc1cccc(CNCCCc2nc3ccccc3[nH]2)c1OCc1ccccc1. The van der Waals surface area contributed by atoms with E-state index in [9.17, 15) is 0 Å². The fraction of sp³-hybridized carbons (Fsp3) is 0.240. The minimum Gasteiger partial charge on any atom is -0.493 e. The van der Waals surface area contributed by atoms with Crippen LogP contribution in [0.1, 0.15) is 23.4 Å². The van der Waals surface area contributed by atoms with Crippen LogP contribution >= 0.6 is 0 Å². The summed E-state index contributed by atoms with van der Waals surface area (Å²) in [6.07, 6.45) is 1.92. The van der Waals surface area contributed by atoms with Crippen LogP contribution < -0.4 is 14.8 Å². The van der Waals surface area contributed by atoms with Gasteiger partial charge in [0, 0.05) is 18.5 Å². The molecule has 0 fully saturated rings. The second kappa shape index (κ2) is 9.94. The van der Waals surface area contributed by atoms with Gasteiger partial charge in [-0.3, -0.25) is 0 Å². The Hall–Kier alpha value is -3.31. The number of aryl methyl sites for hydroxylation is 1. The Morgan fingerprint density at radius 3 is 2.60 bits per heavy atom. The van der Waals surface area contributed by atoms with E-state index >= 15 is 0 Å². The number of H-pyrrole nitrogens is 1. The van der Waals surface area contributed by atoms with Crippen molar-refractivity contribution in [1.82, 2.24) is 15.3 Å². The first-order chi connectivity index (χ1) is 14.8. The lowest BCUT2D eigenvalue weighted by molar-refractivity contribution is 0.280. The zero-order valence-electron chi connectivity index (χ0n) is 17.2. The van der Waals surface area contributed by atoms with E-state index in [0.717, 1.165) is 65.4 Å². The molecule has 4 aromatic rings. The number of fused-ring (bicyclic) bond motifs is 1. The van der Waals surface area contributed by atoms with E-state index < -0.39 is 0 Å². The van der Waals surface area contributed by atoms with Crippen molar-refractivity contribution in [3.63, 3.8) is 0 Å². The minimum atomic E-state index is 0.514. The molecule has 3 aromatic carbocycles. The Bertz CT molecular complexity index is 1040. The molecule has 0 aliphatic rings.